The van der Waals surface area contributed by atoms with Gasteiger partial charge in [-0.2, -0.15) is 35.3 Å². The zero-order chi connectivity index (χ0) is 80.3. The number of hydrogen-bond acceptors (Lipinski definition) is 21. The molecule has 2 aromatic rings. The molecule has 0 radical (unpaired) electrons. The first-order valence-electron chi connectivity index (χ1n) is 39.1. The van der Waals surface area contributed by atoms with Gasteiger partial charge in [-0.25, -0.2) is 28.8 Å². The normalized spacial score (nSPS) is 20.5. The summed E-state index contributed by atoms with van der Waals surface area (Å²) in [5.41, 5.74) is 2.06. The first kappa shape index (κ1) is 91.1. The van der Waals surface area contributed by atoms with Crippen LogP contribution in [0.15, 0.2) is 36.4 Å². The van der Waals surface area contributed by atoms with E-state index < -0.39 is 35.2 Å². The summed E-state index contributed by atoms with van der Waals surface area (Å²) in [5.74, 6) is 0.978. The van der Waals surface area contributed by atoms with E-state index in [-0.39, 0.29) is 146 Å². The number of hydrogen-bond donors (Lipinski definition) is 9. The Hall–Kier alpha value is -7.73. The van der Waals surface area contributed by atoms with Gasteiger partial charge in [0.05, 0.1) is 61.6 Å². The number of carbonyl (C=O) groups is 14. The molecule has 8 rings (SSSR count). The number of ether oxygens (including phenoxy) is 4. The molecule has 9 N–H and O–H groups in total. The molecule has 8 amide bonds. The number of rotatable bonds is 45. The Bertz CT molecular complexity index is 3490. The molecular weight excluding hydrogens is 1470 g/mol. The number of aliphatic carboxylic acids is 1. The van der Waals surface area contributed by atoms with Crippen molar-refractivity contribution in [3.8, 4) is 0 Å². The van der Waals surface area contributed by atoms with Crippen LogP contribution < -0.4 is 42.5 Å². The van der Waals surface area contributed by atoms with Crippen molar-refractivity contribution in [1.82, 2.24) is 42.5 Å². The molecule has 6 fully saturated rings. The van der Waals surface area contributed by atoms with E-state index in [1.54, 1.807) is 57.2 Å². The lowest BCUT2D eigenvalue weighted by molar-refractivity contribution is -0.155. The number of Topliss-reactive ketones (excluding diaryl/α,β-unsaturated/α-hetero) is 5. The number of benzene rings is 2. The number of ketones is 5. The van der Waals surface area contributed by atoms with Crippen LogP contribution in [-0.2, 0) is 83.0 Å². The van der Waals surface area contributed by atoms with Crippen molar-refractivity contribution >= 4 is 118 Å². The molecule has 0 aromatic heterocycles. The number of carboxylic acid groups (broad SMARTS) is 1. The van der Waals surface area contributed by atoms with Crippen LogP contribution in [0.1, 0.15) is 251 Å². The SMILES string of the molecule is COC(=O)c1cc(CC(=O)CCCCCC(=O)CCCCC2SCC3NC(=O)NC32)cc(CC(=O)CCCNC(=O)CCCCC2SCC3NC(=O)NC32)c1.COC(=O)c1cc(CC(=O)CCCCCC(=O)OC(C)(C)C)cc(CC(=O)CCCNC(=O)OC(C)(C)C)c1.O=C(O)CCCCC1SCC2NC(=O)NC21. The fourth-order valence-corrected chi connectivity index (χ4v) is 18.6. The second kappa shape index (κ2) is 46.9. The molecule has 6 saturated heterocycles. The first-order valence-corrected chi connectivity index (χ1v) is 42.2. The van der Waals surface area contributed by atoms with Crippen LogP contribution in [0.2, 0.25) is 0 Å². The highest BCUT2D eigenvalue weighted by Crippen LogP contribution is 2.36. The van der Waals surface area contributed by atoms with Crippen molar-refractivity contribution in [3.05, 3.63) is 69.8 Å². The van der Waals surface area contributed by atoms with E-state index in [0.29, 0.717) is 127 Å². The molecule has 27 nitrogen and oxygen atoms in total. The number of methoxy groups -OCH3 is 2. The van der Waals surface area contributed by atoms with Crippen molar-refractivity contribution in [1.29, 1.82) is 0 Å². The van der Waals surface area contributed by atoms with E-state index in [1.165, 1.54) is 14.2 Å². The summed E-state index contributed by atoms with van der Waals surface area (Å²) in [6.45, 7) is 11.5. The zero-order valence-electron chi connectivity index (χ0n) is 65.4. The Labute approximate surface area is 660 Å². The van der Waals surface area contributed by atoms with Crippen molar-refractivity contribution in [3.63, 3.8) is 0 Å². The lowest BCUT2D eigenvalue weighted by Crippen LogP contribution is -2.36. The molecular formula is C80H118N8O19S3. The van der Waals surface area contributed by atoms with Crippen molar-refractivity contribution < 1.29 is 91.2 Å². The summed E-state index contributed by atoms with van der Waals surface area (Å²) in [4.78, 5) is 168. The highest BCUT2D eigenvalue weighted by Gasteiger charge is 2.45. The summed E-state index contributed by atoms with van der Waals surface area (Å²) in [6.07, 6.45) is 16.6. The Morgan fingerprint density at radius 1 is 0.400 bits per heavy atom. The average Bonchev–Trinajstić information content (AvgIpc) is 1.67. The third-order valence-corrected chi connectivity index (χ3v) is 23.8. The van der Waals surface area contributed by atoms with Gasteiger partial charge in [0.1, 0.15) is 40.1 Å². The number of fused-ring (bicyclic) bond motifs is 3. The molecule has 9 unspecified atom stereocenters. The predicted molar refractivity (Wildman–Crippen MR) is 423 cm³/mol. The smallest absolute Gasteiger partial charge is 0.407 e. The second-order valence-corrected chi connectivity index (χ2v) is 35.0. The second-order valence-electron chi connectivity index (χ2n) is 31.2. The topological polar surface area (TPSA) is 392 Å². The molecule has 6 heterocycles. The van der Waals surface area contributed by atoms with Gasteiger partial charge in [0.2, 0.25) is 5.91 Å². The van der Waals surface area contributed by atoms with E-state index in [0.717, 1.165) is 94.3 Å². The Kier molecular flexibility index (Phi) is 38.9. The summed E-state index contributed by atoms with van der Waals surface area (Å²) in [7, 11) is 2.57. The van der Waals surface area contributed by atoms with Crippen LogP contribution >= 0.6 is 35.3 Å². The van der Waals surface area contributed by atoms with Gasteiger partial charge in [0.25, 0.3) is 0 Å². The van der Waals surface area contributed by atoms with Crippen molar-refractivity contribution in [2.75, 3.05) is 44.6 Å². The molecule has 0 aliphatic carbocycles. The molecule has 6 aliphatic heterocycles. The van der Waals surface area contributed by atoms with E-state index in [1.807, 2.05) is 56.1 Å². The summed E-state index contributed by atoms with van der Waals surface area (Å²) in [6, 6.07) is 11.1. The minimum atomic E-state index is -0.729. The van der Waals surface area contributed by atoms with Crippen molar-refractivity contribution in [2.45, 2.75) is 297 Å². The number of thioether (sulfide) groups is 3. The van der Waals surface area contributed by atoms with E-state index in [9.17, 15) is 67.1 Å². The van der Waals surface area contributed by atoms with Gasteiger partial charge in [-0.15, -0.1) is 0 Å². The minimum absolute atomic E-state index is 0.0137. The molecule has 2 aromatic carbocycles. The number of urea groups is 3. The maximum absolute atomic E-state index is 12.9. The summed E-state index contributed by atoms with van der Waals surface area (Å²) in [5, 5.41) is 33.0. The highest BCUT2D eigenvalue weighted by molar-refractivity contribution is 8.00. The predicted octanol–water partition coefficient (Wildman–Crippen LogP) is 10.7. The standard InChI is InChI=1S/C40H57N5O8S2.C30H45NO8.C10H16N2O3S/c1-53-38(50)27-19-25(21-29(47)12-4-2-3-10-28(46)11-5-6-14-33-36-31(23-54-33)42-39(51)44-36)18-26(20-27)22-30(48)13-9-17-41-35(49)16-8-7-15-34-37-32(24-55-34)43-40(52)45-37;1-29(2,3)38-26(34)14-10-8-9-12-24(32)19-21-16-22(18-23(17-21)27(35)37-7)20-25(33)13-11-15-31-28(36)39-30(4,5)6;13-8(14)4-2-1-3-7-9-6(5-16-7)11-10(15)12-9/h18-20,31-34,36-37H,2-17,21-24H2,1H3,(H,41,49)(H2,42,44,51)(H2,43,45,52);16-18H,8-15,19-20H2,1-7H3,(H,31,36);6-7,9H,1-5H2,(H,13,14)(H2,11,12,15). The molecule has 0 spiro atoms. The van der Waals surface area contributed by atoms with E-state index in [4.69, 9.17) is 24.1 Å². The first-order chi connectivity index (χ1) is 52.3. The Morgan fingerprint density at radius 3 is 1.09 bits per heavy atom. The van der Waals surface area contributed by atoms with Gasteiger partial charge in [0, 0.05) is 130 Å². The van der Waals surface area contributed by atoms with Crippen LogP contribution in [-0.4, -0.2) is 196 Å². The van der Waals surface area contributed by atoms with E-state index in [2.05, 4.69) is 42.5 Å². The number of nitrogens with one attached hydrogen (secondary N) is 8. The third kappa shape index (κ3) is 34.9. The number of carbonyl (C=O) groups excluding carboxylic acids is 13. The molecule has 610 valence electrons. The lowest BCUT2D eigenvalue weighted by atomic mass is 9.96. The number of esters is 3. The largest absolute Gasteiger partial charge is 0.481 e. The van der Waals surface area contributed by atoms with Crippen LogP contribution in [0.25, 0.3) is 0 Å². The van der Waals surface area contributed by atoms with Crippen molar-refractivity contribution in [2.24, 2.45) is 0 Å². The lowest BCUT2D eigenvalue weighted by Gasteiger charge is -2.19. The highest BCUT2D eigenvalue weighted by atomic mass is 32.2. The third-order valence-electron chi connectivity index (χ3n) is 19.3. The molecule has 6 aliphatic rings. The molecule has 110 heavy (non-hydrogen) atoms. The van der Waals surface area contributed by atoms with Gasteiger partial charge in [0.15, 0.2) is 0 Å². The number of amides is 8. The van der Waals surface area contributed by atoms with Crippen LogP contribution in [0.5, 0.6) is 0 Å². The van der Waals surface area contributed by atoms with Crippen LogP contribution in [0, 0.1) is 0 Å². The number of alkyl carbamates (subject to hydrolysis) is 1. The van der Waals surface area contributed by atoms with Crippen LogP contribution in [0.4, 0.5) is 19.2 Å². The average molecular weight is 1590 g/mol. The Balaban J connectivity index is 0.000000296. The zero-order valence-corrected chi connectivity index (χ0v) is 67.9. The van der Waals surface area contributed by atoms with Gasteiger partial charge < -0.3 is 66.6 Å². The fourth-order valence-electron chi connectivity index (χ4n) is 14.0. The van der Waals surface area contributed by atoms with Gasteiger partial charge in [-0.05, 0) is 165 Å². The van der Waals surface area contributed by atoms with Gasteiger partial charge in [-0.1, -0.05) is 44.2 Å². The fraction of sp³-hybridized carbons (Fsp3) is 0.675. The van der Waals surface area contributed by atoms with Gasteiger partial charge >= 0.3 is 48.1 Å². The Morgan fingerprint density at radius 2 is 0.727 bits per heavy atom. The molecule has 0 saturated carbocycles. The van der Waals surface area contributed by atoms with E-state index >= 15 is 0 Å². The van der Waals surface area contributed by atoms with Gasteiger partial charge in [-0.3, -0.25) is 38.4 Å². The summed E-state index contributed by atoms with van der Waals surface area (Å²) >= 11 is 5.63. The number of carboxylic acids is 1. The summed E-state index contributed by atoms with van der Waals surface area (Å²) < 4.78 is 20.2. The number of unbranched alkanes of at least 4 members (excludes halogenated alkanes) is 7. The molecule has 9 atom stereocenters. The molecule has 30 heteroatoms. The maximum Gasteiger partial charge on any atom is 0.407 e. The van der Waals surface area contributed by atoms with Crippen LogP contribution in [0.3, 0.4) is 0 Å². The quantitative estimate of drug-likeness (QED) is 0.0129. The maximum atomic E-state index is 12.9. The minimum Gasteiger partial charge on any atom is -0.481 e. The monoisotopic (exact) mass is 1590 g/mol. The molecule has 0 bridgehead atoms.